The number of hydrogen-bond acceptors (Lipinski definition) is 4. The lowest BCUT2D eigenvalue weighted by atomic mass is 10.1. The average Bonchev–Trinajstić information content (AvgIpc) is 3.49. The summed E-state index contributed by atoms with van der Waals surface area (Å²) < 4.78 is 7.04. The SMILES string of the molecule is N#CC(=Cc1cn(CC(=O)NCc2ccco2)c2ccccc12)C(=O)NCc1ccccc1. The highest BCUT2D eigenvalue weighted by molar-refractivity contribution is 6.04. The number of benzene rings is 2. The van der Waals surface area contributed by atoms with E-state index in [-0.39, 0.29) is 18.0 Å². The lowest BCUT2D eigenvalue weighted by Gasteiger charge is -2.06. The predicted molar refractivity (Wildman–Crippen MR) is 124 cm³/mol. The number of para-hydroxylation sites is 1. The van der Waals surface area contributed by atoms with Crippen molar-refractivity contribution in [2.24, 2.45) is 0 Å². The highest BCUT2D eigenvalue weighted by Crippen LogP contribution is 2.23. The standard InChI is InChI=1S/C26H22N4O3/c27-14-20(26(32)29-15-19-7-2-1-3-8-19)13-21-17-30(24-11-5-4-10-23(21)24)18-25(31)28-16-22-9-6-12-33-22/h1-13,17H,15-16,18H2,(H,28,31)(H,29,32). The third-order valence-electron chi connectivity index (χ3n) is 5.13. The van der Waals surface area contributed by atoms with E-state index in [1.54, 1.807) is 35.2 Å². The summed E-state index contributed by atoms with van der Waals surface area (Å²) in [5, 5.41) is 16.0. The minimum atomic E-state index is -0.450. The third kappa shape index (κ3) is 5.38. The molecule has 33 heavy (non-hydrogen) atoms. The van der Waals surface area contributed by atoms with Gasteiger partial charge in [0.2, 0.25) is 5.91 Å². The molecule has 0 atom stereocenters. The van der Waals surface area contributed by atoms with Crippen LogP contribution >= 0.6 is 0 Å². The Kier molecular flexibility index (Phi) is 6.67. The van der Waals surface area contributed by atoms with Crippen molar-refractivity contribution < 1.29 is 14.0 Å². The van der Waals surface area contributed by atoms with Crippen LogP contribution in [-0.2, 0) is 29.2 Å². The Balaban J connectivity index is 1.51. The topological polar surface area (TPSA) is 100 Å². The number of fused-ring (bicyclic) bond motifs is 1. The van der Waals surface area contributed by atoms with Gasteiger partial charge in [-0.1, -0.05) is 48.5 Å². The van der Waals surface area contributed by atoms with Gasteiger partial charge in [0.1, 0.15) is 23.9 Å². The molecule has 7 heteroatoms. The number of nitrogens with zero attached hydrogens (tertiary/aromatic N) is 2. The zero-order valence-electron chi connectivity index (χ0n) is 17.8. The zero-order valence-corrected chi connectivity index (χ0v) is 17.8. The number of amides is 2. The molecule has 7 nitrogen and oxygen atoms in total. The number of hydrogen-bond donors (Lipinski definition) is 2. The number of furan rings is 1. The summed E-state index contributed by atoms with van der Waals surface area (Å²) in [4.78, 5) is 25.1. The summed E-state index contributed by atoms with van der Waals surface area (Å²) in [5.74, 6) is 0.0442. The maximum atomic E-state index is 12.6. The first-order valence-electron chi connectivity index (χ1n) is 10.4. The Labute approximate surface area is 190 Å². The molecule has 2 heterocycles. The highest BCUT2D eigenvalue weighted by atomic mass is 16.3. The van der Waals surface area contributed by atoms with Crippen molar-refractivity contribution in [1.82, 2.24) is 15.2 Å². The molecule has 2 amide bonds. The fraction of sp³-hybridized carbons (Fsp3) is 0.115. The second-order valence-corrected chi connectivity index (χ2v) is 7.42. The van der Waals surface area contributed by atoms with Crippen LogP contribution < -0.4 is 10.6 Å². The van der Waals surface area contributed by atoms with Crippen molar-refractivity contribution in [2.75, 3.05) is 0 Å². The van der Waals surface area contributed by atoms with Crippen LogP contribution in [0.15, 0.2) is 89.2 Å². The summed E-state index contributed by atoms with van der Waals surface area (Å²) in [6.07, 6.45) is 4.89. The minimum absolute atomic E-state index is 0.00361. The first-order chi connectivity index (χ1) is 16.1. The maximum absolute atomic E-state index is 12.6. The van der Waals surface area contributed by atoms with E-state index in [9.17, 15) is 14.9 Å². The molecule has 0 bridgehead atoms. The molecule has 0 saturated carbocycles. The highest BCUT2D eigenvalue weighted by Gasteiger charge is 2.14. The predicted octanol–water partition coefficient (Wildman–Crippen LogP) is 3.77. The van der Waals surface area contributed by atoms with Gasteiger partial charge in [-0.2, -0.15) is 5.26 Å². The Morgan fingerprint density at radius 3 is 2.52 bits per heavy atom. The van der Waals surface area contributed by atoms with Crippen LogP contribution in [0.1, 0.15) is 16.9 Å². The molecule has 0 unspecified atom stereocenters. The number of nitrogens with one attached hydrogen (secondary N) is 2. The van der Waals surface area contributed by atoms with Crippen LogP contribution in [0.25, 0.3) is 17.0 Å². The first-order valence-corrected chi connectivity index (χ1v) is 10.4. The summed E-state index contributed by atoms with van der Waals surface area (Å²) >= 11 is 0. The quantitative estimate of drug-likeness (QED) is 0.323. The molecule has 2 N–H and O–H groups in total. The van der Waals surface area contributed by atoms with E-state index in [4.69, 9.17) is 4.42 Å². The van der Waals surface area contributed by atoms with E-state index in [2.05, 4.69) is 10.6 Å². The molecule has 0 aliphatic rings. The van der Waals surface area contributed by atoms with Gasteiger partial charge in [-0.25, -0.2) is 0 Å². The van der Waals surface area contributed by atoms with Crippen molar-refractivity contribution in [1.29, 1.82) is 5.26 Å². The second kappa shape index (κ2) is 10.2. The van der Waals surface area contributed by atoms with Gasteiger partial charge >= 0.3 is 0 Å². The van der Waals surface area contributed by atoms with Gasteiger partial charge in [-0.3, -0.25) is 9.59 Å². The van der Waals surface area contributed by atoms with E-state index >= 15 is 0 Å². The Morgan fingerprint density at radius 2 is 1.76 bits per heavy atom. The van der Waals surface area contributed by atoms with Crippen molar-refractivity contribution in [2.45, 2.75) is 19.6 Å². The summed E-state index contributed by atoms with van der Waals surface area (Å²) in [5.41, 5.74) is 2.46. The minimum Gasteiger partial charge on any atom is -0.467 e. The molecule has 4 aromatic rings. The van der Waals surface area contributed by atoms with Gasteiger partial charge in [0.15, 0.2) is 0 Å². The fourth-order valence-corrected chi connectivity index (χ4v) is 3.51. The van der Waals surface area contributed by atoms with E-state index in [0.29, 0.717) is 24.4 Å². The maximum Gasteiger partial charge on any atom is 0.262 e. The molecule has 4 rings (SSSR count). The molecule has 0 aliphatic carbocycles. The van der Waals surface area contributed by atoms with E-state index in [1.165, 1.54) is 0 Å². The second-order valence-electron chi connectivity index (χ2n) is 7.42. The van der Waals surface area contributed by atoms with Crippen LogP contribution in [0.3, 0.4) is 0 Å². The monoisotopic (exact) mass is 438 g/mol. The first kappa shape index (κ1) is 21.7. The molecule has 2 aromatic heterocycles. The third-order valence-corrected chi connectivity index (χ3v) is 5.13. The van der Waals surface area contributed by atoms with E-state index in [1.807, 2.05) is 60.7 Å². The van der Waals surface area contributed by atoms with Gasteiger partial charge in [0, 0.05) is 29.2 Å². The van der Waals surface area contributed by atoms with Gasteiger partial charge in [0.25, 0.3) is 5.91 Å². The van der Waals surface area contributed by atoms with Gasteiger partial charge in [-0.15, -0.1) is 0 Å². The largest absolute Gasteiger partial charge is 0.467 e. The fourth-order valence-electron chi connectivity index (χ4n) is 3.51. The number of rotatable bonds is 8. The van der Waals surface area contributed by atoms with Crippen LogP contribution in [0.2, 0.25) is 0 Å². The molecule has 164 valence electrons. The summed E-state index contributed by atoms with van der Waals surface area (Å²) in [6, 6.07) is 22.6. The van der Waals surface area contributed by atoms with Crippen molar-refractivity contribution in [3.8, 4) is 6.07 Å². The van der Waals surface area contributed by atoms with Crippen LogP contribution in [0.4, 0.5) is 0 Å². The van der Waals surface area contributed by atoms with Gasteiger partial charge < -0.3 is 19.6 Å². The Morgan fingerprint density at radius 1 is 0.970 bits per heavy atom. The number of aromatic nitrogens is 1. The van der Waals surface area contributed by atoms with Crippen LogP contribution in [0, 0.1) is 11.3 Å². The molecule has 0 spiro atoms. The lowest BCUT2D eigenvalue weighted by Crippen LogP contribution is -2.26. The molecule has 0 fully saturated rings. The van der Waals surface area contributed by atoms with Crippen LogP contribution in [-0.4, -0.2) is 16.4 Å². The molecular weight excluding hydrogens is 416 g/mol. The van der Waals surface area contributed by atoms with E-state index < -0.39 is 5.91 Å². The molecular formula is C26H22N4O3. The number of nitriles is 1. The van der Waals surface area contributed by atoms with Crippen molar-refractivity contribution in [3.05, 3.63) is 102 Å². The molecule has 0 aliphatic heterocycles. The number of carbonyl (C=O) groups excluding carboxylic acids is 2. The summed E-state index contributed by atoms with van der Waals surface area (Å²) in [7, 11) is 0. The molecule has 0 saturated heterocycles. The Bertz CT molecular complexity index is 1330. The number of carbonyl (C=O) groups is 2. The smallest absolute Gasteiger partial charge is 0.262 e. The lowest BCUT2D eigenvalue weighted by molar-refractivity contribution is -0.122. The zero-order chi connectivity index (χ0) is 23.0. The molecule has 0 radical (unpaired) electrons. The summed E-state index contributed by atoms with van der Waals surface area (Å²) in [6.45, 7) is 0.728. The normalized spacial score (nSPS) is 11.2. The van der Waals surface area contributed by atoms with Crippen LogP contribution in [0.5, 0.6) is 0 Å². The van der Waals surface area contributed by atoms with Gasteiger partial charge in [-0.05, 0) is 29.8 Å². The van der Waals surface area contributed by atoms with Crippen molar-refractivity contribution in [3.63, 3.8) is 0 Å². The van der Waals surface area contributed by atoms with Gasteiger partial charge in [0.05, 0.1) is 12.8 Å². The average molecular weight is 438 g/mol. The Hall–Kier alpha value is -4.57. The van der Waals surface area contributed by atoms with Crippen molar-refractivity contribution >= 4 is 28.8 Å². The molecule has 2 aromatic carbocycles. The van der Waals surface area contributed by atoms with E-state index in [0.717, 1.165) is 16.5 Å².